The van der Waals surface area contributed by atoms with Gasteiger partial charge in [-0.05, 0) is 43.4 Å². The Morgan fingerprint density at radius 1 is 0.941 bits per heavy atom. The maximum atomic E-state index is 5.62. The van der Waals surface area contributed by atoms with Crippen LogP contribution in [0.4, 0.5) is 0 Å². The van der Waals surface area contributed by atoms with Crippen molar-refractivity contribution in [2.24, 2.45) is 5.41 Å². The van der Waals surface area contributed by atoms with Gasteiger partial charge in [-0.15, -0.1) is 0 Å². The standard InChI is InChI=1S/C15H24O2/c1-6-16-13-9-8-12(11-15(3,4)5)10-14(13)17-7-2/h8-10H,6-7,11H2,1-5H3. The van der Waals surface area contributed by atoms with E-state index in [-0.39, 0.29) is 5.41 Å². The van der Waals surface area contributed by atoms with Crippen molar-refractivity contribution < 1.29 is 9.47 Å². The Morgan fingerprint density at radius 3 is 2.06 bits per heavy atom. The lowest BCUT2D eigenvalue weighted by Crippen LogP contribution is -2.09. The molecule has 0 saturated carbocycles. The van der Waals surface area contributed by atoms with E-state index >= 15 is 0 Å². The molecule has 0 aliphatic carbocycles. The highest BCUT2D eigenvalue weighted by molar-refractivity contribution is 5.43. The van der Waals surface area contributed by atoms with Crippen molar-refractivity contribution >= 4 is 0 Å². The van der Waals surface area contributed by atoms with Crippen LogP contribution in [-0.2, 0) is 6.42 Å². The Labute approximate surface area is 105 Å². The zero-order valence-electron chi connectivity index (χ0n) is 11.7. The third-order valence-corrected chi connectivity index (χ3v) is 2.34. The summed E-state index contributed by atoms with van der Waals surface area (Å²) in [6.07, 6.45) is 1.04. The Bertz CT molecular complexity index is 350. The highest BCUT2D eigenvalue weighted by atomic mass is 16.5. The summed E-state index contributed by atoms with van der Waals surface area (Å²) in [5.74, 6) is 1.70. The molecule has 96 valence electrons. The number of rotatable bonds is 5. The first-order chi connectivity index (χ1) is 7.96. The van der Waals surface area contributed by atoms with E-state index in [1.165, 1.54) is 5.56 Å². The van der Waals surface area contributed by atoms with Crippen molar-refractivity contribution in [3.05, 3.63) is 23.8 Å². The summed E-state index contributed by atoms with van der Waals surface area (Å²) in [6.45, 7) is 12.0. The van der Waals surface area contributed by atoms with Gasteiger partial charge < -0.3 is 9.47 Å². The molecule has 0 atom stereocenters. The van der Waals surface area contributed by atoms with E-state index in [1.54, 1.807) is 0 Å². The lowest BCUT2D eigenvalue weighted by atomic mass is 9.88. The molecule has 0 saturated heterocycles. The summed E-state index contributed by atoms with van der Waals surface area (Å²) in [5, 5.41) is 0. The quantitative estimate of drug-likeness (QED) is 0.767. The van der Waals surface area contributed by atoms with Crippen molar-refractivity contribution in [1.29, 1.82) is 0 Å². The van der Waals surface area contributed by atoms with Gasteiger partial charge in [-0.2, -0.15) is 0 Å². The van der Waals surface area contributed by atoms with Crippen LogP contribution in [-0.4, -0.2) is 13.2 Å². The van der Waals surface area contributed by atoms with Gasteiger partial charge in [0.1, 0.15) is 0 Å². The highest BCUT2D eigenvalue weighted by Gasteiger charge is 2.13. The van der Waals surface area contributed by atoms with Gasteiger partial charge in [0, 0.05) is 0 Å². The predicted octanol–water partition coefficient (Wildman–Crippen LogP) is 4.07. The molecule has 0 bridgehead atoms. The Kier molecular flexibility index (Phi) is 4.86. The van der Waals surface area contributed by atoms with Crippen molar-refractivity contribution in [3.63, 3.8) is 0 Å². The summed E-state index contributed by atoms with van der Waals surface area (Å²) in [4.78, 5) is 0. The van der Waals surface area contributed by atoms with Crippen LogP contribution in [0.25, 0.3) is 0 Å². The van der Waals surface area contributed by atoms with Crippen LogP contribution in [0.5, 0.6) is 11.5 Å². The highest BCUT2D eigenvalue weighted by Crippen LogP contribution is 2.31. The largest absolute Gasteiger partial charge is 0.490 e. The third kappa shape index (κ3) is 4.68. The Balaban J connectivity index is 2.92. The van der Waals surface area contributed by atoms with Crippen LogP contribution in [0.1, 0.15) is 40.2 Å². The van der Waals surface area contributed by atoms with Gasteiger partial charge in [-0.3, -0.25) is 0 Å². The average molecular weight is 236 g/mol. The zero-order chi connectivity index (χ0) is 12.9. The first-order valence-corrected chi connectivity index (χ1v) is 6.34. The fourth-order valence-electron chi connectivity index (χ4n) is 1.82. The number of hydrogen-bond acceptors (Lipinski definition) is 2. The molecule has 0 aromatic heterocycles. The Morgan fingerprint density at radius 2 is 1.53 bits per heavy atom. The van der Waals surface area contributed by atoms with E-state index in [4.69, 9.17) is 9.47 Å². The van der Waals surface area contributed by atoms with Crippen LogP contribution in [0.2, 0.25) is 0 Å². The first kappa shape index (κ1) is 13.9. The summed E-state index contributed by atoms with van der Waals surface area (Å²) >= 11 is 0. The van der Waals surface area contributed by atoms with Crippen molar-refractivity contribution in [3.8, 4) is 11.5 Å². The van der Waals surface area contributed by atoms with Gasteiger partial charge in [0.2, 0.25) is 0 Å². The van der Waals surface area contributed by atoms with Crippen molar-refractivity contribution in [1.82, 2.24) is 0 Å². The molecule has 0 N–H and O–H groups in total. The minimum atomic E-state index is 0.288. The lowest BCUT2D eigenvalue weighted by molar-refractivity contribution is 0.287. The minimum absolute atomic E-state index is 0.288. The van der Waals surface area contributed by atoms with Crippen LogP contribution >= 0.6 is 0 Å². The normalized spacial score (nSPS) is 11.4. The van der Waals surface area contributed by atoms with E-state index in [2.05, 4.69) is 32.9 Å². The molecule has 1 aromatic carbocycles. The minimum Gasteiger partial charge on any atom is -0.490 e. The van der Waals surface area contributed by atoms with Gasteiger partial charge in [-0.1, -0.05) is 26.8 Å². The molecular weight excluding hydrogens is 212 g/mol. The average Bonchev–Trinajstić information content (AvgIpc) is 2.20. The molecule has 0 fully saturated rings. The molecule has 0 unspecified atom stereocenters. The third-order valence-electron chi connectivity index (χ3n) is 2.34. The molecule has 0 spiro atoms. The predicted molar refractivity (Wildman–Crippen MR) is 71.9 cm³/mol. The van der Waals surface area contributed by atoms with E-state index < -0.39 is 0 Å². The lowest BCUT2D eigenvalue weighted by Gasteiger charge is -2.19. The van der Waals surface area contributed by atoms with E-state index in [0.29, 0.717) is 13.2 Å². The van der Waals surface area contributed by atoms with Crippen molar-refractivity contribution in [2.75, 3.05) is 13.2 Å². The van der Waals surface area contributed by atoms with Crippen molar-refractivity contribution in [2.45, 2.75) is 41.0 Å². The zero-order valence-corrected chi connectivity index (χ0v) is 11.7. The second-order valence-corrected chi connectivity index (χ2v) is 5.38. The van der Waals surface area contributed by atoms with Crippen LogP contribution in [0, 0.1) is 5.41 Å². The summed E-state index contributed by atoms with van der Waals surface area (Å²) in [5.41, 5.74) is 1.58. The number of ether oxygens (including phenoxy) is 2. The van der Waals surface area contributed by atoms with E-state index in [1.807, 2.05) is 19.9 Å². The van der Waals surface area contributed by atoms with Gasteiger partial charge in [0.15, 0.2) is 11.5 Å². The van der Waals surface area contributed by atoms with Gasteiger partial charge in [0.25, 0.3) is 0 Å². The molecule has 0 radical (unpaired) electrons. The van der Waals surface area contributed by atoms with Gasteiger partial charge in [-0.25, -0.2) is 0 Å². The topological polar surface area (TPSA) is 18.5 Å². The molecule has 2 heteroatoms. The van der Waals surface area contributed by atoms with Crippen LogP contribution in [0.15, 0.2) is 18.2 Å². The summed E-state index contributed by atoms with van der Waals surface area (Å²) in [7, 11) is 0. The Hall–Kier alpha value is -1.18. The molecule has 0 amide bonds. The maximum Gasteiger partial charge on any atom is 0.161 e. The van der Waals surface area contributed by atoms with E-state index in [0.717, 1.165) is 17.9 Å². The van der Waals surface area contributed by atoms with Crippen LogP contribution in [0.3, 0.4) is 0 Å². The maximum absolute atomic E-state index is 5.62. The second-order valence-electron chi connectivity index (χ2n) is 5.38. The fraction of sp³-hybridized carbons (Fsp3) is 0.600. The second kappa shape index (κ2) is 5.95. The van der Waals surface area contributed by atoms with E-state index in [9.17, 15) is 0 Å². The monoisotopic (exact) mass is 236 g/mol. The van der Waals surface area contributed by atoms with Crippen LogP contribution < -0.4 is 9.47 Å². The molecule has 1 aromatic rings. The van der Waals surface area contributed by atoms with Gasteiger partial charge >= 0.3 is 0 Å². The number of benzene rings is 1. The molecule has 0 aliphatic heterocycles. The fourth-order valence-corrected chi connectivity index (χ4v) is 1.82. The van der Waals surface area contributed by atoms with Gasteiger partial charge in [0.05, 0.1) is 13.2 Å². The summed E-state index contributed by atoms with van der Waals surface area (Å²) < 4.78 is 11.2. The molecule has 17 heavy (non-hydrogen) atoms. The molecule has 2 nitrogen and oxygen atoms in total. The summed E-state index contributed by atoms with van der Waals surface area (Å²) in [6, 6.07) is 6.23. The smallest absolute Gasteiger partial charge is 0.161 e. The first-order valence-electron chi connectivity index (χ1n) is 6.34. The number of hydrogen-bond donors (Lipinski definition) is 0. The molecular formula is C15H24O2. The molecule has 0 heterocycles. The molecule has 1 rings (SSSR count). The molecule has 0 aliphatic rings. The SMILES string of the molecule is CCOc1ccc(CC(C)(C)C)cc1OCC.